The standard InChI is InChI=1S/C21H27FN4O2.HI/c1-23-21(25-11-10-17-7-3-4-9-19(17)28-2)26-13-12-24-20(27)15-16-6-5-8-18(22)14-16;/h3-9,14H,10-13,15H2,1-2H3,(H,24,27)(H2,23,25,26);1H. The van der Waals surface area contributed by atoms with Crippen LogP contribution in [0.3, 0.4) is 0 Å². The predicted molar refractivity (Wildman–Crippen MR) is 125 cm³/mol. The Morgan fingerprint density at radius 2 is 1.76 bits per heavy atom. The molecule has 0 aliphatic heterocycles. The van der Waals surface area contributed by atoms with E-state index in [-0.39, 0.29) is 42.1 Å². The smallest absolute Gasteiger partial charge is 0.224 e. The second kappa shape index (κ2) is 13.8. The number of nitrogens with zero attached hydrogens (tertiary/aromatic N) is 1. The molecule has 0 bridgehead atoms. The van der Waals surface area contributed by atoms with E-state index in [4.69, 9.17) is 4.74 Å². The number of rotatable bonds is 9. The highest BCUT2D eigenvalue weighted by Gasteiger charge is 2.05. The summed E-state index contributed by atoms with van der Waals surface area (Å²) in [7, 11) is 3.36. The number of benzene rings is 2. The van der Waals surface area contributed by atoms with E-state index >= 15 is 0 Å². The second-order valence-corrected chi connectivity index (χ2v) is 6.14. The minimum atomic E-state index is -0.338. The summed E-state index contributed by atoms with van der Waals surface area (Å²) in [4.78, 5) is 16.1. The van der Waals surface area contributed by atoms with Gasteiger partial charge < -0.3 is 20.7 Å². The van der Waals surface area contributed by atoms with Crippen molar-refractivity contribution in [3.63, 3.8) is 0 Å². The van der Waals surface area contributed by atoms with Gasteiger partial charge in [0.25, 0.3) is 0 Å². The van der Waals surface area contributed by atoms with Crippen LogP contribution in [0.4, 0.5) is 4.39 Å². The van der Waals surface area contributed by atoms with Crippen LogP contribution in [-0.2, 0) is 17.6 Å². The molecule has 0 unspecified atom stereocenters. The van der Waals surface area contributed by atoms with Crippen molar-refractivity contribution in [3.05, 3.63) is 65.5 Å². The molecule has 0 fully saturated rings. The van der Waals surface area contributed by atoms with Gasteiger partial charge in [-0.1, -0.05) is 30.3 Å². The summed E-state index contributed by atoms with van der Waals surface area (Å²) in [6.07, 6.45) is 0.957. The molecule has 0 saturated heterocycles. The number of para-hydroxylation sites is 1. The average molecular weight is 514 g/mol. The molecule has 0 aliphatic carbocycles. The third-order valence-electron chi connectivity index (χ3n) is 4.10. The van der Waals surface area contributed by atoms with Crippen molar-refractivity contribution in [2.75, 3.05) is 33.8 Å². The zero-order valence-electron chi connectivity index (χ0n) is 16.7. The Kier molecular flexibility index (Phi) is 11.7. The first-order valence-corrected chi connectivity index (χ1v) is 9.20. The molecule has 0 aromatic heterocycles. The molecule has 0 heterocycles. The van der Waals surface area contributed by atoms with E-state index in [9.17, 15) is 9.18 Å². The summed E-state index contributed by atoms with van der Waals surface area (Å²) in [6.45, 7) is 1.68. The lowest BCUT2D eigenvalue weighted by molar-refractivity contribution is -0.120. The monoisotopic (exact) mass is 514 g/mol. The van der Waals surface area contributed by atoms with E-state index in [1.54, 1.807) is 26.3 Å². The maximum atomic E-state index is 13.1. The summed E-state index contributed by atoms with van der Waals surface area (Å²) in [6, 6.07) is 14.0. The Balaban J connectivity index is 0.00000420. The van der Waals surface area contributed by atoms with Crippen LogP contribution in [0.25, 0.3) is 0 Å². The molecular weight excluding hydrogens is 486 g/mol. The molecule has 0 atom stereocenters. The number of carbonyl (C=O) groups excluding carboxylic acids is 1. The molecule has 2 aromatic rings. The van der Waals surface area contributed by atoms with Crippen LogP contribution < -0.4 is 20.7 Å². The van der Waals surface area contributed by atoms with E-state index in [2.05, 4.69) is 20.9 Å². The predicted octanol–water partition coefficient (Wildman–Crippen LogP) is 2.52. The second-order valence-electron chi connectivity index (χ2n) is 6.14. The molecular formula is C21H28FIN4O2. The molecule has 0 saturated carbocycles. The first-order valence-electron chi connectivity index (χ1n) is 9.20. The molecule has 2 rings (SSSR count). The molecule has 6 nitrogen and oxygen atoms in total. The zero-order chi connectivity index (χ0) is 20.2. The van der Waals surface area contributed by atoms with Crippen LogP contribution in [0, 0.1) is 5.82 Å². The van der Waals surface area contributed by atoms with E-state index in [1.807, 2.05) is 24.3 Å². The van der Waals surface area contributed by atoms with Gasteiger partial charge in [-0.15, -0.1) is 24.0 Å². The normalized spacial score (nSPS) is 10.7. The number of nitrogens with one attached hydrogen (secondary N) is 3. The van der Waals surface area contributed by atoms with Crippen LogP contribution in [0.15, 0.2) is 53.5 Å². The minimum Gasteiger partial charge on any atom is -0.496 e. The maximum absolute atomic E-state index is 13.1. The molecule has 8 heteroatoms. The van der Waals surface area contributed by atoms with Crippen LogP contribution in [0.1, 0.15) is 11.1 Å². The van der Waals surface area contributed by atoms with Gasteiger partial charge in [0, 0.05) is 26.7 Å². The van der Waals surface area contributed by atoms with Crippen LogP contribution in [-0.4, -0.2) is 45.7 Å². The van der Waals surface area contributed by atoms with Gasteiger partial charge >= 0.3 is 0 Å². The summed E-state index contributed by atoms with van der Waals surface area (Å²) >= 11 is 0. The fraction of sp³-hybridized carbons (Fsp3) is 0.333. The van der Waals surface area contributed by atoms with Crippen molar-refractivity contribution >= 4 is 35.8 Å². The molecule has 1 amide bonds. The van der Waals surface area contributed by atoms with Gasteiger partial charge in [0.15, 0.2) is 5.96 Å². The topological polar surface area (TPSA) is 74.8 Å². The lowest BCUT2D eigenvalue weighted by Gasteiger charge is -2.13. The quantitative estimate of drug-likeness (QED) is 0.208. The number of amides is 1. The lowest BCUT2D eigenvalue weighted by atomic mass is 10.1. The molecule has 0 radical (unpaired) electrons. The van der Waals surface area contributed by atoms with Crippen molar-refractivity contribution in [3.8, 4) is 5.75 Å². The molecule has 0 spiro atoms. The number of methoxy groups -OCH3 is 1. The van der Waals surface area contributed by atoms with Crippen molar-refractivity contribution in [1.29, 1.82) is 0 Å². The van der Waals surface area contributed by atoms with Crippen LogP contribution in [0.5, 0.6) is 5.75 Å². The van der Waals surface area contributed by atoms with Gasteiger partial charge in [-0.3, -0.25) is 9.79 Å². The van der Waals surface area contributed by atoms with Gasteiger partial charge in [-0.2, -0.15) is 0 Å². The first kappa shape index (κ1) is 24.7. The highest BCUT2D eigenvalue weighted by atomic mass is 127. The molecule has 29 heavy (non-hydrogen) atoms. The van der Waals surface area contributed by atoms with Gasteiger partial charge in [0.1, 0.15) is 11.6 Å². The average Bonchev–Trinajstić information content (AvgIpc) is 2.70. The summed E-state index contributed by atoms with van der Waals surface area (Å²) < 4.78 is 18.5. The largest absolute Gasteiger partial charge is 0.496 e. The van der Waals surface area contributed by atoms with Gasteiger partial charge in [0.2, 0.25) is 5.91 Å². The van der Waals surface area contributed by atoms with Crippen molar-refractivity contribution in [2.24, 2.45) is 4.99 Å². The minimum absolute atomic E-state index is 0. The number of hydrogen-bond acceptors (Lipinski definition) is 3. The van der Waals surface area contributed by atoms with Gasteiger partial charge in [-0.25, -0.2) is 4.39 Å². The van der Waals surface area contributed by atoms with E-state index in [1.165, 1.54) is 12.1 Å². The Bertz CT molecular complexity index is 802. The van der Waals surface area contributed by atoms with Crippen LogP contribution >= 0.6 is 24.0 Å². The number of hydrogen-bond donors (Lipinski definition) is 3. The Morgan fingerprint density at radius 1 is 1.03 bits per heavy atom. The fourth-order valence-electron chi connectivity index (χ4n) is 2.72. The number of aliphatic imine (C=N–C) groups is 1. The molecule has 158 valence electrons. The van der Waals surface area contributed by atoms with E-state index < -0.39 is 0 Å². The molecule has 3 N–H and O–H groups in total. The van der Waals surface area contributed by atoms with Crippen molar-refractivity contribution < 1.29 is 13.9 Å². The van der Waals surface area contributed by atoms with E-state index in [0.717, 1.165) is 17.7 Å². The third kappa shape index (κ3) is 9.12. The van der Waals surface area contributed by atoms with Crippen LogP contribution in [0.2, 0.25) is 0 Å². The van der Waals surface area contributed by atoms with Crippen molar-refractivity contribution in [1.82, 2.24) is 16.0 Å². The van der Waals surface area contributed by atoms with Gasteiger partial charge in [-0.05, 0) is 35.7 Å². The number of carbonyl (C=O) groups is 1. The highest BCUT2D eigenvalue weighted by molar-refractivity contribution is 14.0. The van der Waals surface area contributed by atoms with E-state index in [0.29, 0.717) is 31.2 Å². The number of halogens is 2. The zero-order valence-corrected chi connectivity index (χ0v) is 19.0. The SMILES string of the molecule is CN=C(NCCNC(=O)Cc1cccc(F)c1)NCCc1ccccc1OC.I. The Hall–Kier alpha value is -2.36. The first-order chi connectivity index (χ1) is 13.6. The van der Waals surface area contributed by atoms with Crippen molar-refractivity contribution in [2.45, 2.75) is 12.8 Å². The Labute approximate surface area is 188 Å². The third-order valence-corrected chi connectivity index (χ3v) is 4.10. The summed E-state index contributed by atoms with van der Waals surface area (Å²) in [5.74, 6) is 1.05. The van der Waals surface area contributed by atoms with Gasteiger partial charge in [0.05, 0.1) is 13.5 Å². The molecule has 0 aliphatic rings. The number of guanidine groups is 1. The highest BCUT2D eigenvalue weighted by Crippen LogP contribution is 2.17. The lowest BCUT2D eigenvalue weighted by Crippen LogP contribution is -2.42. The summed E-state index contributed by atoms with van der Waals surface area (Å²) in [5, 5.41) is 9.18. The fourth-order valence-corrected chi connectivity index (χ4v) is 2.72. The number of ether oxygens (including phenoxy) is 1. The maximum Gasteiger partial charge on any atom is 0.224 e. The summed E-state index contributed by atoms with van der Waals surface area (Å²) in [5.41, 5.74) is 1.77. The Morgan fingerprint density at radius 3 is 2.48 bits per heavy atom. The molecule has 2 aromatic carbocycles.